The van der Waals surface area contributed by atoms with Crippen molar-refractivity contribution in [2.75, 3.05) is 19.1 Å². The van der Waals surface area contributed by atoms with Crippen LogP contribution < -0.4 is 11.0 Å². The first-order valence-corrected chi connectivity index (χ1v) is 8.55. The Kier molecular flexibility index (Phi) is 3.80. The molecule has 0 amide bonds. The van der Waals surface area contributed by atoms with Gasteiger partial charge in [0.2, 0.25) is 5.95 Å². The molecular formula is C13H13F3N3OP. The van der Waals surface area contributed by atoms with Gasteiger partial charge in [-0.2, -0.15) is 13.2 Å². The molecule has 0 bridgehead atoms. The van der Waals surface area contributed by atoms with Gasteiger partial charge in [-0.3, -0.25) is 0 Å². The second kappa shape index (κ2) is 5.15. The van der Waals surface area contributed by atoms with Crippen molar-refractivity contribution in [2.45, 2.75) is 6.18 Å². The molecule has 112 valence electrons. The number of halogens is 3. The van der Waals surface area contributed by atoms with Crippen LogP contribution in [0.1, 0.15) is 5.56 Å². The minimum absolute atomic E-state index is 0.237. The van der Waals surface area contributed by atoms with Crippen molar-refractivity contribution >= 4 is 18.4 Å². The van der Waals surface area contributed by atoms with Gasteiger partial charge in [-0.15, -0.1) is 0 Å². The number of nitrogens with two attached hydrogens (primary N) is 1. The Morgan fingerprint density at radius 1 is 1.14 bits per heavy atom. The molecule has 0 saturated carbocycles. The average Bonchev–Trinajstić information content (AvgIpc) is 2.36. The summed E-state index contributed by atoms with van der Waals surface area (Å²) in [4.78, 5) is 7.07. The average molecular weight is 315 g/mol. The number of nitrogen functional groups attached to an aromatic ring is 1. The SMILES string of the molecule is CP(C)(=O)c1ccc(-c2nc(N)ncc2C(F)(F)F)cc1. The van der Waals surface area contributed by atoms with E-state index in [0.29, 0.717) is 11.5 Å². The van der Waals surface area contributed by atoms with Gasteiger partial charge in [-0.1, -0.05) is 24.3 Å². The zero-order valence-corrected chi connectivity index (χ0v) is 12.2. The van der Waals surface area contributed by atoms with Gasteiger partial charge in [0.05, 0.1) is 5.69 Å². The zero-order valence-electron chi connectivity index (χ0n) is 11.3. The standard InChI is InChI=1S/C13H13F3N3OP/c1-21(2,20)9-5-3-8(4-6-9)11-10(13(14,15)16)7-18-12(17)19-11/h3-7H,1-2H3,(H2,17,18,19). The van der Waals surface area contributed by atoms with Crippen LogP contribution in [0.15, 0.2) is 30.5 Å². The van der Waals surface area contributed by atoms with Gasteiger partial charge in [0.15, 0.2) is 0 Å². The highest BCUT2D eigenvalue weighted by atomic mass is 31.2. The molecule has 0 saturated heterocycles. The van der Waals surface area contributed by atoms with Crippen molar-refractivity contribution in [3.8, 4) is 11.3 Å². The predicted octanol–water partition coefficient (Wildman–Crippen LogP) is 2.99. The fourth-order valence-corrected chi connectivity index (χ4v) is 2.67. The van der Waals surface area contributed by atoms with E-state index >= 15 is 0 Å². The summed E-state index contributed by atoms with van der Waals surface area (Å²) in [6.07, 6.45) is -3.91. The topological polar surface area (TPSA) is 68.9 Å². The molecule has 2 aromatic rings. The van der Waals surface area contributed by atoms with E-state index in [9.17, 15) is 17.7 Å². The Hall–Kier alpha value is -1.88. The van der Waals surface area contributed by atoms with Gasteiger partial charge in [0.25, 0.3) is 0 Å². The predicted molar refractivity (Wildman–Crippen MR) is 76.0 cm³/mol. The molecule has 1 aromatic carbocycles. The summed E-state index contributed by atoms with van der Waals surface area (Å²) >= 11 is 0. The number of anilines is 1. The molecule has 2 rings (SSSR count). The van der Waals surface area contributed by atoms with Crippen molar-refractivity contribution in [1.29, 1.82) is 0 Å². The second-order valence-electron chi connectivity index (χ2n) is 4.89. The Labute approximate surface area is 119 Å². The third kappa shape index (κ3) is 3.42. The van der Waals surface area contributed by atoms with E-state index in [1.807, 2.05) is 0 Å². The molecule has 0 aliphatic carbocycles. The van der Waals surface area contributed by atoms with Crippen LogP contribution in [0.5, 0.6) is 0 Å². The first-order chi connectivity index (χ1) is 9.59. The van der Waals surface area contributed by atoms with Crippen LogP contribution in [0.2, 0.25) is 0 Å². The van der Waals surface area contributed by atoms with E-state index < -0.39 is 18.9 Å². The van der Waals surface area contributed by atoms with Gasteiger partial charge in [-0.05, 0) is 13.3 Å². The Balaban J connectivity index is 2.56. The molecule has 2 N–H and O–H groups in total. The van der Waals surface area contributed by atoms with Crippen molar-refractivity contribution in [2.24, 2.45) is 0 Å². The van der Waals surface area contributed by atoms with E-state index in [2.05, 4.69) is 9.97 Å². The number of rotatable bonds is 2. The van der Waals surface area contributed by atoms with Crippen LogP contribution in [0.25, 0.3) is 11.3 Å². The van der Waals surface area contributed by atoms with Crippen LogP contribution in [0, 0.1) is 0 Å². The number of benzene rings is 1. The molecule has 0 aliphatic heterocycles. The highest BCUT2D eigenvalue weighted by Gasteiger charge is 2.35. The molecule has 8 heteroatoms. The fourth-order valence-electron chi connectivity index (χ4n) is 1.80. The molecule has 0 atom stereocenters. The van der Waals surface area contributed by atoms with Gasteiger partial charge in [0.1, 0.15) is 12.7 Å². The Bertz CT molecular complexity index is 708. The summed E-state index contributed by atoms with van der Waals surface area (Å²) < 4.78 is 50.8. The number of hydrogen-bond donors (Lipinski definition) is 1. The molecule has 1 aromatic heterocycles. The Morgan fingerprint density at radius 3 is 2.19 bits per heavy atom. The van der Waals surface area contributed by atoms with Crippen LogP contribution in [-0.2, 0) is 10.7 Å². The van der Waals surface area contributed by atoms with E-state index in [0.717, 1.165) is 0 Å². The zero-order chi connectivity index (χ0) is 15.8. The van der Waals surface area contributed by atoms with Crippen molar-refractivity contribution in [3.05, 3.63) is 36.0 Å². The molecule has 0 spiro atoms. The molecule has 0 aliphatic rings. The Morgan fingerprint density at radius 2 is 1.71 bits per heavy atom. The maximum absolute atomic E-state index is 13.0. The van der Waals surface area contributed by atoms with Gasteiger partial charge >= 0.3 is 6.18 Å². The minimum Gasteiger partial charge on any atom is -0.368 e. The number of nitrogens with zero attached hydrogens (tertiary/aromatic N) is 2. The summed E-state index contributed by atoms with van der Waals surface area (Å²) in [5.41, 5.74) is 4.37. The van der Waals surface area contributed by atoms with Crippen LogP contribution in [-0.4, -0.2) is 23.3 Å². The third-order valence-corrected chi connectivity index (χ3v) is 4.42. The van der Waals surface area contributed by atoms with Gasteiger partial charge < -0.3 is 10.3 Å². The molecule has 0 unspecified atom stereocenters. The monoisotopic (exact) mass is 315 g/mol. The lowest BCUT2D eigenvalue weighted by Gasteiger charge is -2.13. The maximum atomic E-state index is 13.0. The van der Waals surface area contributed by atoms with E-state index in [1.165, 1.54) is 24.3 Å². The summed E-state index contributed by atoms with van der Waals surface area (Å²) in [7, 11) is -2.46. The van der Waals surface area contributed by atoms with Crippen LogP contribution >= 0.6 is 7.14 Å². The third-order valence-electron chi connectivity index (χ3n) is 2.88. The lowest BCUT2D eigenvalue weighted by molar-refractivity contribution is -0.137. The maximum Gasteiger partial charge on any atom is 0.419 e. The van der Waals surface area contributed by atoms with Crippen LogP contribution in [0.3, 0.4) is 0 Å². The van der Waals surface area contributed by atoms with E-state index in [1.54, 1.807) is 13.3 Å². The summed E-state index contributed by atoms with van der Waals surface area (Å²) in [5, 5.41) is 0.585. The summed E-state index contributed by atoms with van der Waals surface area (Å²) in [5.74, 6) is -0.237. The first kappa shape index (κ1) is 15.5. The smallest absolute Gasteiger partial charge is 0.368 e. The van der Waals surface area contributed by atoms with E-state index in [4.69, 9.17) is 5.73 Å². The van der Waals surface area contributed by atoms with Crippen molar-refractivity contribution < 1.29 is 17.7 Å². The van der Waals surface area contributed by atoms with Crippen molar-refractivity contribution in [3.63, 3.8) is 0 Å². The van der Waals surface area contributed by atoms with Gasteiger partial charge in [0, 0.05) is 17.1 Å². The van der Waals surface area contributed by atoms with E-state index in [-0.39, 0.29) is 17.2 Å². The summed E-state index contributed by atoms with van der Waals surface area (Å²) in [6, 6.07) is 5.97. The number of hydrogen-bond acceptors (Lipinski definition) is 4. The van der Waals surface area contributed by atoms with Crippen LogP contribution in [0.4, 0.5) is 19.1 Å². The molecule has 21 heavy (non-hydrogen) atoms. The normalized spacial score (nSPS) is 12.4. The number of alkyl halides is 3. The highest BCUT2D eigenvalue weighted by molar-refractivity contribution is 7.70. The highest BCUT2D eigenvalue weighted by Crippen LogP contribution is 2.37. The second-order valence-corrected chi connectivity index (χ2v) is 8.10. The minimum atomic E-state index is -4.58. The summed E-state index contributed by atoms with van der Waals surface area (Å²) in [6.45, 7) is 3.18. The molecule has 0 radical (unpaired) electrons. The lowest BCUT2D eigenvalue weighted by atomic mass is 10.1. The molecule has 0 fully saturated rings. The quantitative estimate of drug-likeness (QED) is 0.865. The first-order valence-electron chi connectivity index (χ1n) is 5.95. The number of aromatic nitrogens is 2. The molecular weight excluding hydrogens is 302 g/mol. The fraction of sp³-hybridized carbons (Fsp3) is 0.231. The lowest BCUT2D eigenvalue weighted by Crippen LogP contribution is -2.11. The van der Waals surface area contributed by atoms with Gasteiger partial charge in [-0.25, -0.2) is 9.97 Å². The molecule has 1 heterocycles. The largest absolute Gasteiger partial charge is 0.419 e. The van der Waals surface area contributed by atoms with Crippen molar-refractivity contribution in [1.82, 2.24) is 9.97 Å². The molecule has 4 nitrogen and oxygen atoms in total.